The molecule has 3 rings (SSSR count). The normalized spacial score (nSPS) is 21.5. The van der Waals surface area contributed by atoms with Crippen LogP contribution in [-0.2, 0) is 14.3 Å². The van der Waals surface area contributed by atoms with Crippen molar-refractivity contribution in [2.75, 3.05) is 0 Å². The van der Waals surface area contributed by atoms with E-state index in [1.807, 2.05) is 30.3 Å². The van der Waals surface area contributed by atoms with E-state index < -0.39 is 6.10 Å². The lowest BCUT2D eigenvalue weighted by Gasteiger charge is -2.23. The first kappa shape index (κ1) is 14.6. The van der Waals surface area contributed by atoms with Crippen molar-refractivity contribution < 1.29 is 14.3 Å². The Morgan fingerprint density at radius 1 is 0.905 bits per heavy atom. The first-order valence-electron chi connectivity index (χ1n) is 8.24. The lowest BCUT2D eigenvalue weighted by atomic mass is 10.1. The Kier molecular flexibility index (Phi) is 4.91. The quantitative estimate of drug-likeness (QED) is 0.763. The van der Waals surface area contributed by atoms with Gasteiger partial charge in [-0.2, -0.15) is 0 Å². The van der Waals surface area contributed by atoms with Gasteiger partial charge >= 0.3 is 5.97 Å². The summed E-state index contributed by atoms with van der Waals surface area (Å²) in [6, 6.07) is 9.76. The third kappa shape index (κ3) is 3.85. The number of carbonyl (C=O) groups is 1. The largest absolute Gasteiger partial charge is 0.460 e. The maximum atomic E-state index is 12.5. The topological polar surface area (TPSA) is 35.5 Å². The van der Waals surface area contributed by atoms with Crippen molar-refractivity contribution in [3.05, 3.63) is 35.9 Å². The number of ether oxygens (including phenoxy) is 2. The first-order chi connectivity index (χ1) is 10.3. The van der Waals surface area contributed by atoms with Gasteiger partial charge in [0.15, 0.2) is 6.10 Å². The summed E-state index contributed by atoms with van der Waals surface area (Å²) in [5, 5.41) is 0. The van der Waals surface area contributed by atoms with Crippen molar-refractivity contribution in [1.82, 2.24) is 0 Å². The maximum absolute atomic E-state index is 12.5. The molecule has 114 valence electrons. The highest BCUT2D eigenvalue weighted by Gasteiger charge is 2.30. The van der Waals surface area contributed by atoms with Crippen LogP contribution in [0.5, 0.6) is 0 Å². The molecule has 0 radical (unpaired) electrons. The molecule has 0 spiro atoms. The van der Waals surface area contributed by atoms with E-state index in [0.717, 1.165) is 44.1 Å². The van der Waals surface area contributed by atoms with Gasteiger partial charge in [-0.25, -0.2) is 4.79 Å². The van der Waals surface area contributed by atoms with Crippen LogP contribution in [0, 0.1) is 0 Å². The van der Waals surface area contributed by atoms with Crippen molar-refractivity contribution >= 4 is 5.97 Å². The van der Waals surface area contributed by atoms with Gasteiger partial charge in [-0.1, -0.05) is 43.2 Å². The average molecular weight is 288 g/mol. The standard InChI is InChI=1S/C18H24O3/c19-18(21-16-12-6-7-13-16)17(14-8-2-1-3-9-14)20-15-10-4-5-11-15/h1-3,8-9,15-17H,4-7,10-13H2/t17-/m1/s1. The Bertz CT molecular complexity index is 445. The monoisotopic (exact) mass is 288 g/mol. The summed E-state index contributed by atoms with van der Waals surface area (Å²) in [6.45, 7) is 0. The van der Waals surface area contributed by atoms with Gasteiger partial charge in [0.05, 0.1) is 6.10 Å². The molecule has 3 heteroatoms. The van der Waals surface area contributed by atoms with Crippen LogP contribution in [0.1, 0.15) is 63.0 Å². The molecule has 0 saturated heterocycles. The molecule has 0 amide bonds. The van der Waals surface area contributed by atoms with Gasteiger partial charge in [0, 0.05) is 0 Å². The molecule has 0 aromatic heterocycles. The Balaban J connectivity index is 1.69. The van der Waals surface area contributed by atoms with E-state index in [-0.39, 0.29) is 18.2 Å². The van der Waals surface area contributed by atoms with Crippen LogP contribution in [0.25, 0.3) is 0 Å². The summed E-state index contributed by atoms with van der Waals surface area (Å²) in [5.74, 6) is -0.208. The molecule has 0 unspecified atom stereocenters. The zero-order valence-electron chi connectivity index (χ0n) is 12.5. The van der Waals surface area contributed by atoms with E-state index in [4.69, 9.17) is 9.47 Å². The second-order valence-electron chi connectivity index (χ2n) is 6.18. The van der Waals surface area contributed by atoms with E-state index in [2.05, 4.69) is 0 Å². The second-order valence-corrected chi connectivity index (χ2v) is 6.18. The smallest absolute Gasteiger partial charge is 0.340 e. The molecule has 2 saturated carbocycles. The molecule has 3 nitrogen and oxygen atoms in total. The Hall–Kier alpha value is -1.35. The summed E-state index contributed by atoms with van der Waals surface area (Å²) >= 11 is 0. The van der Waals surface area contributed by atoms with Crippen LogP contribution in [0.3, 0.4) is 0 Å². The minimum atomic E-state index is -0.560. The van der Waals surface area contributed by atoms with E-state index in [1.54, 1.807) is 0 Å². The van der Waals surface area contributed by atoms with Crippen molar-refractivity contribution in [3.63, 3.8) is 0 Å². The zero-order valence-corrected chi connectivity index (χ0v) is 12.5. The number of rotatable bonds is 5. The predicted molar refractivity (Wildman–Crippen MR) is 80.9 cm³/mol. The third-order valence-corrected chi connectivity index (χ3v) is 4.53. The molecule has 2 aliphatic rings. The van der Waals surface area contributed by atoms with Crippen molar-refractivity contribution in [2.45, 2.75) is 69.7 Å². The molecule has 0 N–H and O–H groups in total. The summed E-state index contributed by atoms with van der Waals surface area (Å²) in [7, 11) is 0. The molecule has 2 aliphatic carbocycles. The van der Waals surface area contributed by atoms with E-state index in [1.165, 1.54) is 12.8 Å². The number of esters is 1. The predicted octanol–water partition coefficient (Wildman–Crippen LogP) is 4.17. The first-order valence-corrected chi connectivity index (χ1v) is 8.24. The highest BCUT2D eigenvalue weighted by Crippen LogP contribution is 2.30. The van der Waals surface area contributed by atoms with Crippen LogP contribution < -0.4 is 0 Å². The van der Waals surface area contributed by atoms with Crippen molar-refractivity contribution in [1.29, 1.82) is 0 Å². The van der Waals surface area contributed by atoms with Crippen LogP contribution in [0.15, 0.2) is 30.3 Å². The lowest BCUT2D eigenvalue weighted by molar-refractivity contribution is -0.166. The Morgan fingerprint density at radius 3 is 2.10 bits per heavy atom. The molecule has 0 aliphatic heterocycles. The van der Waals surface area contributed by atoms with Crippen LogP contribution in [0.4, 0.5) is 0 Å². The molecule has 2 fully saturated rings. The minimum absolute atomic E-state index is 0.0934. The Labute approximate surface area is 126 Å². The SMILES string of the molecule is O=C(OC1CCCC1)[C@H](OC1CCCC1)c1ccccc1. The van der Waals surface area contributed by atoms with E-state index in [0.29, 0.717) is 0 Å². The number of hydrogen-bond acceptors (Lipinski definition) is 3. The molecule has 1 aromatic carbocycles. The summed E-state index contributed by atoms with van der Waals surface area (Å²) in [5.41, 5.74) is 0.910. The molecule has 0 bridgehead atoms. The molecule has 1 aromatic rings. The van der Waals surface area contributed by atoms with Crippen molar-refractivity contribution in [2.24, 2.45) is 0 Å². The number of benzene rings is 1. The van der Waals surface area contributed by atoms with Gasteiger partial charge in [-0.05, 0) is 44.1 Å². The summed E-state index contributed by atoms with van der Waals surface area (Å²) in [4.78, 5) is 12.5. The van der Waals surface area contributed by atoms with Gasteiger partial charge < -0.3 is 9.47 Å². The van der Waals surface area contributed by atoms with Gasteiger partial charge in [0.2, 0.25) is 0 Å². The van der Waals surface area contributed by atoms with Gasteiger partial charge in [0.1, 0.15) is 6.10 Å². The lowest BCUT2D eigenvalue weighted by Crippen LogP contribution is -2.26. The summed E-state index contributed by atoms with van der Waals surface area (Å²) in [6.07, 6.45) is 8.56. The zero-order chi connectivity index (χ0) is 14.5. The minimum Gasteiger partial charge on any atom is -0.460 e. The number of carbonyl (C=O) groups excluding carboxylic acids is 1. The Morgan fingerprint density at radius 2 is 1.48 bits per heavy atom. The molecule has 21 heavy (non-hydrogen) atoms. The second kappa shape index (κ2) is 7.08. The third-order valence-electron chi connectivity index (χ3n) is 4.53. The summed E-state index contributed by atoms with van der Waals surface area (Å²) < 4.78 is 11.8. The highest BCUT2D eigenvalue weighted by molar-refractivity contribution is 5.76. The van der Waals surface area contributed by atoms with Gasteiger partial charge in [-0.15, -0.1) is 0 Å². The average Bonchev–Trinajstić information content (AvgIpc) is 3.19. The fraction of sp³-hybridized carbons (Fsp3) is 0.611. The van der Waals surface area contributed by atoms with E-state index in [9.17, 15) is 4.79 Å². The fourth-order valence-corrected chi connectivity index (χ4v) is 3.35. The van der Waals surface area contributed by atoms with Gasteiger partial charge in [0.25, 0.3) is 0 Å². The molecular weight excluding hydrogens is 264 g/mol. The highest BCUT2D eigenvalue weighted by atomic mass is 16.6. The van der Waals surface area contributed by atoms with Crippen LogP contribution >= 0.6 is 0 Å². The number of hydrogen-bond donors (Lipinski definition) is 0. The molecular formula is C18H24O3. The fourth-order valence-electron chi connectivity index (χ4n) is 3.35. The van der Waals surface area contributed by atoms with Crippen molar-refractivity contribution in [3.8, 4) is 0 Å². The van der Waals surface area contributed by atoms with Gasteiger partial charge in [-0.3, -0.25) is 0 Å². The van der Waals surface area contributed by atoms with Crippen LogP contribution in [-0.4, -0.2) is 18.2 Å². The van der Waals surface area contributed by atoms with Crippen LogP contribution in [0.2, 0.25) is 0 Å². The molecule has 1 atom stereocenters. The molecule has 0 heterocycles. The maximum Gasteiger partial charge on any atom is 0.340 e. The van der Waals surface area contributed by atoms with E-state index >= 15 is 0 Å².